The maximum Gasteiger partial charge on any atom is 0.258 e. The smallest absolute Gasteiger partial charge is 0.258 e. The number of hydrogen-bond acceptors (Lipinski definition) is 4. The van der Waals surface area contributed by atoms with Crippen molar-refractivity contribution in [3.05, 3.63) is 94.0 Å². The van der Waals surface area contributed by atoms with Gasteiger partial charge in [-0.05, 0) is 54.2 Å². The lowest BCUT2D eigenvalue weighted by atomic mass is 10.2. The monoisotopic (exact) mass is 498 g/mol. The van der Waals surface area contributed by atoms with E-state index < -0.39 is 5.91 Å². The van der Waals surface area contributed by atoms with Crippen LogP contribution in [0.15, 0.2) is 72.8 Å². The van der Waals surface area contributed by atoms with Crippen molar-refractivity contribution in [3.8, 4) is 0 Å². The third-order valence-electron chi connectivity index (χ3n) is 5.53. The minimum atomic E-state index is -0.412. The maximum atomic E-state index is 12.4. The first-order valence-electron chi connectivity index (χ1n) is 10.7. The molecule has 1 saturated heterocycles. The van der Waals surface area contributed by atoms with Crippen molar-refractivity contribution in [2.24, 2.45) is 0 Å². The van der Waals surface area contributed by atoms with Crippen molar-refractivity contribution < 1.29 is 4.79 Å². The lowest BCUT2D eigenvalue weighted by Crippen LogP contribution is -2.45. The minimum Gasteiger partial charge on any atom is -0.369 e. The topological polar surface area (TPSA) is 47.6 Å². The molecule has 1 aliphatic rings. The molecular weight excluding hydrogens is 475 g/mol. The third kappa shape index (κ3) is 6.24. The summed E-state index contributed by atoms with van der Waals surface area (Å²) in [6.07, 6.45) is 0. The molecule has 5 nitrogen and oxygen atoms in total. The first kappa shape index (κ1) is 23.5. The number of halogens is 2. The number of thiocarbonyl (C=S) groups is 1. The van der Waals surface area contributed by atoms with Crippen LogP contribution in [0.25, 0.3) is 0 Å². The average molecular weight is 499 g/mol. The number of rotatable bonds is 5. The molecular formula is C25H24Cl2N4OS. The highest BCUT2D eigenvalue weighted by Crippen LogP contribution is 2.25. The second-order valence-electron chi connectivity index (χ2n) is 7.81. The molecule has 1 aliphatic heterocycles. The van der Waals surface area contributed by atoms with Crippen LogP contribution < -0.4 is 15.5 Å². The highest BCUT2D eigenvalue weighted by Gasteiger charge is 2.18. The number of nitrogens with zero attached hydrogens (tertiary/aromatic N) is 2. The normalized spacial score (nSPS) is 14.1. The molecule has 0 aliphatic carbocycles. The predicted octanol–water partition coefficient (Wildman–Crippen LogP) is 5.44. The highest BCUT2D eigenvalue weighted by molar-refractivity contribution is 7.80. The number of nitrogens with one attached hydrogen (secondary N) is 2. The standard InChI is InChI=1S/C25H24Cl2N4OS/c26-22-8-4-7-21(23(22)27)24(32)29-25(33)28-19-9-11-20(12-10-19)31-15-13-30(14-16-31)17-18-5-2-1-3-6-18/h1-12H,13-17H2,(H2,28,29,32,33). The Morgan fingerprint density at radius 2 is 1.58 bits per heavy atom. The lowest BCUT2D eigenvalue weighted by Gasteiger charge is -2.36. The van der Waals surface area contributed by atoms with E-state index >= 15 is 0 Å². The summed E-state index contributed by atoms with van der Waals surface area (Å²) in [6, 6.07) is 23.5. The fraction of sp³-hybridized carbons (Fsp3) is 0.200. The Bertz CT molecular complexity index is 1120. The molecule has 1 heterocycles. The summed E-state index contributed by atoms with van der Waals surface area (Å²) in [5.41, 5.74) is 3.58. The van der Waals surface area contributed by atoms with Crippen LogP contribution in [-0.2, 0) is 6.54 Å². The van der Waals surface area contributed by atoms with Gasteiger partial charge in [0.1, 0.15) is 0 Å². The Hall–Kier alpha value is -2.64. The number of carbonyl (C=O) groups is 1. The Morgan fingerprint density at radius 1 is 0.879 bits per heavy atom. The van der Waals surface area contributed by atoms with E-state index in [-0.39, 0.29) is 15.7 Å². The van der Waals surface area contributed by atoms with Gasteiger partial charge in [0.25, 0.3) is 5.91 Å². The van der Waals surface area contributed by atoms with E-state index in [4.69, 9.17) is 35.4 Å². The van der Waals surface area contributed by atoms with Gasteiger partial charge in [-0.25, -0.2) is 0 Å². The second kappa shape index (κ2) is 11.0. The van der Waals surface area contributed by atoms with Crippen molar-refractivity contribution in [3.63, 3.8) is 0 Å². The van der Waals surface area contributed by atoms with Crippen LogP contribution in [0.5, 0.6) is 0 Å². The zero-order chi connectivity index (χ0) is 23.2. The van der Waals surface area contributed by atoms with Gasteiger partial charge in [0, 0.05) is 44.1 Å². The van der Waals surface area contributed by atoms with E-state index in [1.807, 2.05) is 12.1 Å². The lowest BCUT2D eigenvalue weighted by molar-refractivity contribution is 0.0978. The van der Waals surface area contributed by atoms with Crippen LogP contribution in [0.3, 0.4) is 0 Å². The van der Waals surface area contributed by atoms with E-state index in [2.05, 4.69) is 62.9 Å². The van der Waals surface area contributed by atoms with Crippen molar-refractivity contribution in [1.29, 1.82) is 0 Å². The van der Waals surface area contributed by atoms with E-state index in [0.29, 0.717) is 5.02 Å². The quantitative estimate of drug-likeness (QED) is 0.458. The van der Waals surface area contributed by atoms with Gasteiger partial charge < -0.3 is 10.2 Å². The van der Waals surface area contributed by atoms with Crippen molar-refractivity contribution in [2.45, 2.75) is 6.54 Å². The molecule has 0 bridgehead atoms. The largest absolute Gasteiger partial charge is 0.369 e. The summed E-state index contributed by atoms with van der Waals surface area (Å²) in [5, 5.41) is 6.39. The molecule has 0 radical (unpaired) electrons. The zero-order valence-electron chi connectivity index (χ0n) is 17.9. The van der Waals surface area contributed by atoms with Crippen molar-refractivity contribution in [2.75, 3.05) is 36.4 Å². The van der Waals surface area contributed by atoms with Gasteiger partial charge in [-0.15, -0.1) is 0 Å². The van der Waals surface area contributed by atoms with Gasteiger partial charge >= 0.3 is 0 Å². The molecule has 3 aromatic carbocycles. The van der Waals surface area contributed by atoms with E-state index in [1.54, 1.807) is 18.2 Å². The molecule has 0 atom stereocenters. The molecule has 170 valence electrons. The summed E-state index contributed by atoms with van der Waals surface area (Å²) in [6.45, 7) is 5.00. The van der Waals surface area contributed by atoms with Gasteiger partial charge in [-0.3, -0.25) is 15.0 Å². The number of benzene rings is 3. The number of piperazine rings is 1. The molecule has 2 N–H and O–H groups in total. The summed E-state index contributed by atoms with van der Waals surface area (Å²) in [4.78, 5) is 17.3. The molecule has 0 aromatic heterocycles. The second-order valence-corrected chi connectivity index (χ2v) is 9.00. The summed E-state index contributed by atoms with van der Waals surface area (Å²) < 4.78 is 0. The van der Waals surface area contributed by atoms with Gasteiger partial charge in [0.05, 0.1) is 15.6 Å². The van der Waals surface area contributed by atoms with Crippen molar-refractivity contribution in [1.82, 2.24) is 10.2 Å². The van der Waals surface area contributed by atoms with Gasteiger partial charge in [-0.1, -0.05) is 59.6 Å². The number of hydrogen-bond donors (Lipinski definition) is 2. The first-order chi connectivity index (χ1) is 16.0. The fourth-order valence-corrected chi connectivity index (χ4v) is 4.37. The summed E-state index contributed by atoms with van der Waals surface area (Å²) >= 11 is 17.4. The van der Waals surface area contributed by atoms with Crippen LogP contribution in [0.1, 0.15) is 15.9 Å². The minimum absolute atomic E-state index is 0.193. The number of carbonyl (C=O) groups excluding carboxylic acids is 1. The highest BCUT2D eigenvalue weighted by atomic mass is 35.5. The summed E-state index contributed by atoms with van der Waals surface area (Å²) in [7, 11) is 0. The van der Waals surface area contributed by atoms with Crippen LogP contribution >= 0.6 is 35.4 Å². The molecule has 8 heteroatoms. The molecule has 0 unspecified atom stereocenters. The third-order valence-corrected chi connectivity index (χ3v) is 6.56. The van der Waals surface area contributed by atoms with Crippen molar-refractivity contribution >= 4 is 57.8 Å². The van der Waals surface area contributed by atoms with Crippen LogP contribution in [0.4, 0.5) is 11.4 Å². The SMILES string of the molecule is O=C(NC(=S)Nc1ccc(N2CCN(Cc3ccccc3)CC2)cc1)c1cccc(Cl)c1Cl. The molecule has 1 amide bonds. The van der Waals surface area contributed by atoms with Crippen LogP contribution in [-0.4, -0.2) is 42.1 Å². The van der Waals surface area contributed by atoms with Gasteiger partial charge in [0.15, 0.2) is 5.11 Å². The van der Waals surface area contributed by atoms with E-state index in [0.717, 1.165) is 38.4 Å². The predicted molar refractivity (Wildman–Crippen MR) is 141 cm³/mol. The molecule has 1 fully saturated rings. The summed E-state index contributed by atoms with van der Waals surface area (Å²) in [5.74, 6) is -0.412. The van der Waals surface area contributed by atoms with Crippen LogP contribution in [0, 0.1) is 0 Å². The van der Waals surface area contributed by atoms with E-state index in [1.165, 1.54) is 11.3 Å². The fourth-order valence-electron chi connectivity index (χ4n) is 3.77. The van der Waals surface area contributed by atoms with Crippen LogP contribution in [0.2, 0.25) is 10.0 Å². The van der Waals surface area contributed by atoms with E-state index in [9.17, 15) is 4.79 Å². The molecule has 33 heavy (non-hydrogen) atoms. The first-order valence-corrected chi connectivity index (χ1v) is 11.8. The Kier molecular flexibility index (Phi) is 7.83. The Balaban J connectivity index is 1.27. The molecule has 4 rings (SSSR count). The van der Waals surface area contributed by atoms with Gasteiger partial charge in [0.2, 0.25) is 0 Å². The Labute approximate surface area is 209 Å². The average Bonchev–Trinajstić information content (AvgIpc) is 2.82. The molecule has 0 spiro atoms. The molecule has 3 aromatic rings. The zero-order valence-corrected chi connectivity index (χ0v) is 20.3. The maximum absolute atomic E-state index is 12.4. The number of anilines is 2. The Morgan fingerprint density at radius 3 is 2.27 bits per heavy atom. The van der Waals surface area contributed by atoms with Gasteiger partial charge in [-0.2, -0.15) is 0 Å². The number of amides is 1. The molecule has 0 saturated carbocycles.